The molecule has 0 aliphatic carbocycles. The number of pyridine rings is 2. The molecular formula is C15H10F3N7O. The third kappa shape index (κ3) is 2.72. The summed E-state index contributed by atoms with van der Waals surface area (Å²) in [6, 6.07) is 5.73. The molecule has 0 spiro atoms. The number of nitrogens with zero attached hydrogens (tertiary/aromatic N) is 6. The average molecular weight is 361 g/mol. The van der Waals surface area contributed by atoms with E-state index in [9.17, 15) is 13.2 Å². The summed E-state index contributed by atoms with van der Waals surface area (Å²) in [5.74, 6) is 0.393. The van der Waals surface area contributed by atoms with Crippen molar-refractivity contribution >= 4 is 17.0 Å². The highest BCUT2D eigenvalue weighted by Crippen LogP contribution is 2.29. The maximum Gasteiger partial charge on any atom is 0.433 e. The Hall–Kier alpha value is -3.50. The van der Waals surface area contributed by atoms with Crippen LogP contribution in [-0.2, 0) is 12.7 Å². The summed E-state index contributed by atoms with van der Waals surface area (Å²) < 4.78 is 44.3. The Labute approximate surface area is 143 Å². The van der Waals surface area contributed by atoms with Crippen LogP contribution in [-0.4, -0.2) is 29.8 Å². The van der Waals surface area contributed by atoms with E-state index in [1.54, 1.807) is 22.9 Å². The molecule has 0 radical (unpaired) electrons. The topological polar surface area (TPSA) is 109 Å². The maximum absolute atomic E-state index is 12.7. The van der Waals surface area contributed by atoms with Gasteiger partial charge in [0.2, 0.25) is 0 Å². The Balaban J connectivity index is 1.79. The number of rotatable bonds is 3. The molecule has 0 bridgehead atoms. The van der Waals surface area contributed by atoms with E-state index in [0.717, 1.165) is 12.3 Å². The zero-order valence-electron chi connectivity index (χ0n) is 13.0. The van der Waals surface area contributed by atoms with Crippen molar-refractivity contribution in [2.45, 2.75) is 12.7 Å². The van der Waals surface area contributed by atoms with Crippen molar-refractivity contribution < 1.29 is 17.8 Å². The number of hydrogen-bond acceptors (Lipinski definition) is 7. The van der Waals surface area contributed by atoms with Crippen molar-refractivity contribution in [3.8, 4) is 11.5 Å². The van der Waals surface area contributed by atoms with Crippen molar-refractivity contribution in [1.82, 2.24) is 29.8 Å². The second-order valence-electron chi connectivity index (χ2n) is 5.42. The lowest BCUT2D eigenvalue weighted by molar-refractivity contribution is -0.141. The van der Waals surface area contributed by atoms with Gasteiger partial charge in [-0.15, -0.1) is 0 Å². The van der Waals surface area contributed by atoms with Gasteiger partial charge in [0, 0.05) is 12.4 Å². The van der Waals surface area contributed by atoms with E-state index < -0.39 is 11.9 Å². The third-order valence-electron chi connectivity index (χ3n) is 3.69. The van der Waals surface area contributed by atoms with Crippen molar-refractivity contribution in [3.05, 3.63) is 47.9 Å². The van der Waals surface area contributed by atoms with Crippen LogP contribution in [0.4, 0.5) is 19.0 Å². The monoisotopic (exact) mass is 361 g/mol. The van der Waals surface area contributed by atoms with Crippen molar-refractivity contribution in [2.24, 2.45) is 0 Å². The first-order valence-corrected chi connectivity index (χ1v) is 7.35. The fourth-order valence-electron chi connectivity index (χ4n) is 2.51. The van der Waals surface area contributed by atoms with Gasteiger partial charge in [0.25, 0.3) is 0 Å². The summed E-state index contributed by atoms with van der Waals surface area (Å²) in [6.07, 6.45) is -1.75. The van der Waals surface area contributed by atoms with Crippen LogP contribution in [0.15, 0.2) is 41.3 Å². The van der Waals surface area contributed by atoms with Gasteiger partial charge in [-0.2, -0.15) is 13.2 Å². The molecule has 0 atom stereocenters. The smallest absolute Gasteiger partial charge is 0.379 e. The van der Waals surface area contributed by atoms with Gasteiger partial charge in [0.05, 0.1) is 6.54 Å². The minimum atomic E-state index is -4.49. The molecule has 0 unspecified atom stereocenters. The average Bonchev–Trinajstić information content (AvgIpc) is 3.18. The summed E-state index contributed by atoms with van der Waals surface area (Å²) >= 11 is 0. The molecule has 0 aliphatic rings. The molecule has 0 aliphatic heterocycles. The molecule has 0 saturated heterocycles. The summed E-state index contributed by atoms with van der Waals surface area (Å²) in [4.78, 5) is 12.2. The van der Waals surface area contributed by atoms with Gasteiger partial charge in [0.1, 0.15) is 11.2 Å². The van der Waals surface area contributed by atoms with Crippen LogP contribution in [0.25, 0.3) is 22.7 Å². The molecule has 26 heavy (non-hydrogen) atoms. The number of hydrogen-bond donors (Lipinski definition) is 1. The van der Waals surface area contributed by atoms with Crippen LogP contribution < -0.4 is 5.73 Å². The van der Waals surface area contributed by atoms with Crippen LogP contribution in [0, 0.1) is 0 Å². The number of imidazole rings is 1. The second-order valence-corrected chi connectivity index (χ2v) is 5.42. The van der Waals surface area contributed by atoms with Crippen LogP contribution in [0.5, 0.6) is 0 Å². The molecule has 2 N–H and O–H groups in total. The third-order valence-corrected chi connectivity index (χ3v) is 3.69. The van der Waals surface area contributed by atoms with E-state index in [2.05, 4.69) is 29.9 Å². The van der Waals surface area contributed by atoms with E-state index in [0.29, 0.717) is 22.6 Å². The van der Waals surface area contributed by atoms with Crippen molar-refractivity contribution in [3.63, 3.8) is 0 Å². The standard InChI is InChI=1S/C15H10F3N7O/c16-15(17,18)10-4-3-8(6-21-10)7-25-13-9(2-1-5-20-13)22-14(25)11-12(19)24-26-23-11/h1-6H,7H2,(H2,19,24). The van der Waals surface area contributed by atoms with E-state index in [-0.39, 0.29) is 18.1 Å². The Morgan fingerprint density at radius 1 is 1.12 bits per heavy atom. The minimum absolute atomic E-state index is 0.0482. The molecule has 4 aromatic rings. The number of anilines is 1. The highest BCUT2D eigenvalue weighted by molar-refractivity contribution is 5.78. The number of fused-ring (bicyclic) bond motifs is 1. The molecule has 132 valence electrons. The van der Waals surface area contributed by atoms with Gasteiger partial charge in [-0.3, -0.25) is 4.98 Å². The first kappa shape index (κ1) is 16.0. The summed E-state index contributed by atoms with van der Waals surface area (Å²) in [5, 5.41) is 7.27. The summed E-state index contributed by atoms with van der Waals surface area (Å²) in [6.45, 7) is 0.167. The quantitative estimate of drug-likeness (QED) is 0.597. The SMILES string of the molecule is Nc1nonc1-c1nc2cccnc2n1Cc1ccc(C(F)(F)F)nc1. The lowest BCUT2D eigenvalue weighted by Crippen LogP contribution is -2.09. The highest BCUT2D eigenvalue weighted by Gasteiger charge is 2.32. The number of nitrogen functional groups attached to an aromatic ring is 1. The second kappa shape index (κ2) is 5.79. The van der Waals surface area contributed by atoms with Gasteiger partial charge in [0.15, 0.2) is 23.0 Å². The summed E-state index contributed by atoms with van der Waals surface area (Å²) in [7, 11) is 0. The summed E-state index contributed by atoms with van der Waals surface area (Å²) in [5.41, 5.74) is 6.63. The molecule has 0 fully saturated rings. The van der Waals surface area contributed by atoms with E-state index in [1.807, 2.05) is 0 Å². The van der Waals surface area contributed by atoms with E-state index >= 15 is 0 Å². The zero-order chi connectivity index (χ0) is 18.3. The van der Waals surface area contributed by atoms with Crippen LogP contribution >= 0.6 is 0 Å². The van der Waals surface area contributed by atoms with Crippen molar-refractivity contribution in [2.75, 3.05) is 5.73 Å². The van der Waals surface area contributed by atoms with Gasteiger partial charge in [-0.05, 0) is 34.1 Å². The number of aromatic nitrogens is 6. The number of alkyl halides is 3. The molecule has 0 aromatic carbocycles. The first-order valence-electron chi connectivity index (χ1n) is 7.35. The Bertz CT molecular complexity index is 1070. The predicted molar refractivity (Wildman–Crippen MR) is 83.6 cm³/mol. The number of nitrogens with two attached hydrogens (primary N) is 1. The van der Waals surface area contributed by atoms with Gasteiger partial charge in [-0.25, -0.2) is 14.6 Å². The predicted octanol–water partition coefficient (Wildman–Crippen LogP) is 2.53. The van der Waals surface area contributed by atoms with E-state index in [4.69, 9.17) is 5.73 Å². The fraction of sp³-hybridized carbons (Fsp3) is 0.133. The molecule has 4 rings (SSSR count). The van der Waals surface area contributed by atoms with Crippen LogP contribution in [0.3, 0.4) is 0 Å². The molecular weight excluding hydrogens is 351 g/mol. The van der Waals surface area contributed by atoms with Crippen LogP contribution in [0.1, 0.15) is 11.3 Å². The van der Waals surface area contributed by atoms with Gasteiger partial charge in [-0.1, -0.05) is 6.07 Å². The number of halogens is 3. The van der Waals surface area contributed by atoms with Gasteiger partial charge < -0.3 is 10.3 Å². The molecule has 4 aromatic heterocycles. The lowest BCUT2D eigenvalue weighted by atomic mass is 10.2. The lowest BCUT2D eigenvalue weighted by Gasteiger charge is -2.09. The van der Waals surface area contributed by atoms with Gasteiger partial charge >= 0.3 is 6.18 Å². The van der Waals surface area contributed by atoms with E-state index in [1.165, 1.54) is 6.07 Å². The molecule has 11 heteroatoms. The molecule has 8 nitrogen and oxygen atoms in total. The largest absolute Gasteiger partial charge is 0.433 e. The van der Waals surface area contributed by atoms with Crippen LogP contribution in [0.2, 0.25) is 0 Å². The first-order chi connectivity index (χ1) is 12.4. The Kier molecular flexibility index (Phi) is 3.56. The Morgan fingerprint density at radius 2 is 1.96 bits per heavy atom. The zero-order valence-corrected chi connectivity index (χ0v) is 13.0. The molecule has 0 amide bonds. The highest BCUT2D eigenvalue weighted by atomic mass is 19.4. The minimum Gasteiger partial charge on any atom is -0.379 e. The molecule has 4 heterocycles. The normalized spacial score (nSPS) is 12.0. The molecule has 0 saturated carbocycles. The fourth-order valence-corrected chi connectivity index (χ4v) is 2.51. The Morgan fingerprint density at radius 3 is 2.62 bits per heavy atom. The maximum atomic E-state index is 12.7. The van der Waals surface area contributed by atoms with Crippen molar-refractivity contribution in [1.29, 1.82) is 0 Å².